The van der Waals surface area contributed by atoms with Crippen LogP contribution in [0.2, 0.25) is 0 Å². The molecule has 3 aliphatic carbocycles. The number of ketones is 3. The molecule has 0 aliphatic heterocycles. The number of hydrogen-bond acceptors (Lipinski definition) is 4. The number of hydrogen-bond donors (Lipinski definition) is 1. The SMILES string of the molecule is O=C1C(=CC=CC=CC2=C(O)C3=CCc4ccccc4C3C2=O)C(=O)c2c1ccc1ccccc21. The first-order valence-corrected chi connectivity index (χ1v) is 11.5. The van der Waals surface area contributed by atoms with Crippen LogP contribution in [-0.4, -0.2) is 22.5 Å². The van der Waals surface area contributed by atoms with E-state index in [0.717, 1.165) is 21.9 Å². The first-order chi connectivity index (χ1) is 17.1. The molecule has 168 valence electrons. The lowest BCUT2D eigenvalue weighted by Gasteiger charge is -2.20. The van der Waals surface area contributed by atoms with Gasteiger partial charge in [-0.25, -0.2) is 0 Å². The Labute approximate surface area is 201 Å². The number of carbonyl (C=O) groups excluding carboxylic acids is 3. The summed E-state index contributed by atoms with van der Waals surface area (Å²) in [5.74, 6) is -1.15. The van der Waals surface area contributed by atoms with Crippen molar-refractivity contribution in [2.45, 2.75) is 12.3 Å². The largest absolute Gasteiger partial charge is 0.507 e. The van der Waals surface area contributed by atoms with Crippen molar-refractivity contribution in [3.8, 4) is 0 Å². The van der Waals surface area contributed by atoms with Crippen molar-refractivity contribution < 1.29 is 19.5 Å². The van der Waals surface area contributed by atoms with Crippen molar-refractivity contribution in [2.24, 2.45) is 0 Å². The Bertz CT molecular complexity index is 1620. The van der Waals surface area contributed by atoms with Crippen LogP contribution in [0.4, 0.5) is 0 Å². The fraction of sp³-hybridized carbons (Fsp3) is 0.0645. The summed E-state index contributed by atoms with van der Waals surface area (Å²) in [6.07, 6.45) is 10.6. The van der Waals surface area contributed by atoms with Gasteiger partial charge < -0.3 is 5.11 Å². The summed E-state index contributed by atoms with van der Waals surface area (Å²) in [7, 11) is 0. The summed E-state index contributed by atoms with van der Waals surface area (Å²) in [6.45, 7) is 0. The second-order valence-corrected chi connectivity index (χ2v) is 8.81. The quantitative estimate of drug-likeness (QED) is 0.302. The molecule has 3 aromatic rings. The van der Waals surface area contributed by atoms with Gasteiger partial charge in [0.2, 0.25) is 0 Å². The van der Waals surface area contributed by atoms with Crippen molar-refractivity contribution in [3.05, 3.63) is 142 Å². The third-order valence-electron chi connectivity index (χ3n) is 6.91. The number of aliphatic hydroxyl groups excluding tert-OH is 1. The second-order valence-electron chi connectivity index (χ2n) is 8.81. The molecule has 3 aliphatic rings. The van der Waals surface area contributed by atoms with E-state index < -0.39 is 5.92 Å². The Morgan fingerprint density at radius 3 is 2.51 bits per heavy atom. The molecule has 0 saturated carbocycles. The second kappa shape index (κ2) is 8.03. The lowest BCUT2D eigenvalue weighted by atomic mass is 9.82. The van der Waals surface area contributed by atoms with E-state index in [1.165, 1.54) is 6.08 Å². The van der Waals surface area contributed by atoms with Crippen LogP contribution in [0.5, 0.6) is 0 Å². The molecule has 3 aromatic carbocycles. The Morgan fingerprint density at radius 1 is 0.829 bits per heavy atom. The minimum Gasteiger partial charge on any atom is -0.507 e. The minimum absolute atomic E-state index is 0.0148. The van der Waals surface area contributed by atoms with Crippen LogP contribution >= 0.6 is 0 Å². The van der Waals surface area contributed by atoms with Gasteiger partial charge in [0.15, 0.2) is 17.3 Å². The highest BCUT2D eigenvalue weighted by molar-refractivity contribution is 6.42. The maximum atomic E-state index is 13.1. The van der Waals surface area contributed by atoms with Crippen LogP contribution in [0.1, 0.15) is 37.8 Å². The zero-order valence-corrected chi connectivity index (χ0v) is 18.7. The van der Waals surface area contributed by atoms with E-state index in [1.54, 1.807) is 30.4 Å². The zero-order chi connectivity index (χ0) is 24.1. The zero-order valence-electron chi connectivity index (χ0n) is 18.7. The molecule has 0 radical (unpaired) electrons. The third kappa shape index (κ3) is 3.18. The monoisotopic (exact) mass is 456 g/mol. The minimum atomic E-state index is -0.465. The Hall–Kier alpha value is -4.57. The lowest BCUT2D eigenvalue weighted by molar-refractivity contribution is -0.115. The average molecular weight is 456 g/mol. The molecule has 0 aromatic heterocycles. The smallest absolute Gasteiger partial charge is 0.198 e. The van der Waals surface area contributed by atoms with E-state index in [1.807, 2.05) is 60.7 Å². The van der Waals surface area contributed by atoms with Gasteiger partial charge in [0.25, 0.3) is 0 Å². The Balaban J connectivity index is 1.24. The Kier molecular flexibility index (Phi) is 4.82. The van der Waals surface area contributed by atoms with Gasteiger partial charge >= 0.3 is 0 Å². The maximum absolute atomic E-state index is 13.1. The van der Waals surface area contributed by atoms with Crippen molar-refractivity contribution in [3.63, 3.8) is 0 Å². The highest BCUT2D eigenvalue weighted by Gasteiger charge is 2.40. The average Bonchev–Trinajstić information content (AvgIpc) is 3.28. The normalized spacial score (nSPS) is 20.3. The van der Waals surface area contributed by atoms with Crippen molar-refractivity contribution >= 4 is 28.1 Å². The van der Waals surface area contributed by atoms with Crippen LogP contribution in [-0.2, 0) is 11.2 Å². The topological polar surface area (TPSA) is 71.4 Å². The number of benzene rings is 3. The molecule has 35 heavy (non-hydrogen) atoms. The lowest BCUT2D eigenvalue weighted by Crippen LogP contribution is -2.15. The molecule has 0 saturated heterocycles. The molecule has 0 amide bonds. The first kappa shape index (κ1) is 21.0. The standard InChI is InChI=1S/C31H20O4/c32-28-22-16-14-18-8-4-6-10-20(18)26(22)30(34)24(28)12-2-1-3-13-25-29(33)23-17-15-19-9-5-7-11-21(19)27(23)31(25)35/h1-14,16-17,27,33H,15H2. The number of allylic oxidation sites excluding steroid dienone is 9. The van der Waals surface area contributed by atoms with Gasteiger partial charge in [-0.1, -0.05) is 78.9 Å². The van der Waals surface area contributed by atoms with E-state index in [2.05, 4.69) is 0 Å². The van der Waals surface area contributed by atoms with E-state index in [4.69, 9.17) is 0 Å². The van der Waals surface area contributed by atoms with Gasteiger partial charge in [-0.15, -0.1) is 0 Å². The van der Waals surface area contributed by atoms with E-state index >= 15 is 0 Å². The molecule has 0 heterocycles. The summed E-state index contributed by atoms with van der Waals surface area (Å²) in [5, 5.41) is 12.4. The summed E-state index contributed by atoms with van der Waals surface area (Å²) >= 11 is 0. The highest BCUT2D eigenvalue weighted by atomic mass is 16.3. The first-order valence-electron chi connectivity index (χ1n) is 11.5. The maximum Gasteiger partial charge on any atom is 0.198 e. The van der Waals surface area contributed by atoms with Crippen molar-refractivity contribution in [1.82, 2.24) is 0 Å². The molecule has 1 unspecified atom stereocenters. The molecule has 0 spiro atoms. The third-order valence-corrected chi connectivity index (χ3v) is 6.91. The predicted molar refractivity (Wildman–Crippen MR) is 135 cm³/mol. The molecular formula is C31H20O4. The van der Waals surface area contributed by atoms with Crippen LogP contribution < -0.4 is 0 Å². The van der Waals surface area contributed by atoms with Crippen molar-refractivity contribution in [1.29, 1.82) is 0 Å². The van der Waals surface area contributed by atoms with E-state index in [0.29, 0.717) is 23.1 Å². The van der Waals surface area contributed by atoms with Gasteiger partial charge in [0.1, 0.15) is 5.76 Å². The molecule has 0 bridgehead atoms. The molecule has 4 nitrogen and oxygen atoms in total. The van der Waals surface area contributed by atoms with Crippen molar-refractivity contribution in [2.75, 3.05) is 0 Å². The fourth-order valence-corrected chi connectivity index (χ4v) is 5.22. The summed E-state index contributed by atoms with van der Waals surface area (Å²) in [4.78, 5) is 38.9. The molecule has 1 N–H and O–H groups in total. The highest BCUT2D eigenvalue weighted by Crippen LogP contribution is 2.44. The molecule has 1 atom stereocenters. The van der Waals surface area contributed by atoms with Gasteiger partial charge in [-0.3, -0.25) is 14.4 Å². The molecule has 4 heteroatoms. The Morgan fingerprint density at radius 2 is 1.63 bits per heavy atom. The number of carbonyl (C=O) groups is 3. The van der Waals surface area contributed by atoms with Crippen LogP contribution in [0.25, 0.3) is 10.8 Å². The molecule has 0 fully saturated rings. The van der Waals surface area contributed by atoms with Gasteiger partial charge in [0, 0.05) is 16.7 Å². The number of fused-ring (bicyclic) bond motifs is 6. The molecule has 6 rings (SSSR count). The van der Waals surface area contributed by atoms with Gasteiger partial charge in [-0.2, -0.15) is 0 Å². The van der Waals surface area contributed by atoms with E-state index in [9.17, 15) is 19.5 Å². The molecular weight excluding hydrogens is 436 g/mol. The predicted octanol–water partition coefficient (Wildman–Crippen LogP) is 5.92. The summed E-state index contributed by atoms with van der Waals surface area (Å²) in [6, 6.07) is 18.9. The number of aliphatic hydroxyl groups is 1. The van der Waals surface area contributed by atoms with Crippen LogP contribution in [0.15, 0.2) is 120 Å². The summed E-state index contributed by atoms with van der Waals surface area (Å²) < 4.78 is 0. The summed E-state index contributed by atoms with van der Waals surface area (Å²) in [5.41, 5.74) is 3.95. The van der Waals surface area contributed by atoms with Crippen LogP contribution in [0, 0.1) is 0 Å². The van der Waals surface area contributed by atoms with Crippen LogP contribution in [0.3, 0.4) is 0 Å². The van der Waals surface area contributed by atoms with E-state index in [-0.39, 0.29) is 34.3 Å². The number of Topliss-reactive ketones (excluding diaryl/α,β-unsaturated/α-hetero) is 3. The van der Waals surface area contributed by atoms with Gasteiger partial charge in [-0.05, 0) is 46.5 Å². The fourth-order valence-electron chi connectivity index (χ4n) is 5.22. The van der Waals surface area contributed by atoms with Gasteiger partial charge in [0.05, 0.1) is 17.1 Å². The number of rotatable bonds is 3.